The molecule has 22 heavy (non-hydrogen) atoms. The van der Waals surface area contributed by atoms with E-state index in [-0.39, 0.29) is 46.5 Å². The van der Waals surface area contributed by atoms with E-state index in [0.29, 0.717) is 0 Å². The van der Waals surface area contributed by atoms with Crippen LogP contribution in [0.5, 0.6) is 0 Å². The van der Waals surface area contributed by atoms with E-state index in [4.69, 9.17) is 4.74 Å². The first kappa shape index (κ1) is 14.2. The van der Waals surface area contributed by atoms with Crippen molar-refractivity contribution in [3.8, 4) is 0 Å². The molecule has 1 aromatic carbocycles. The van der Waals surface area contributed by atoms with Crippen molar-refractivity contribution < 1.29 is 14.3 Å². The molecule has 2 aliphatic carbocycles. The zero-order valence-corrected chi connectivity index (χ0v) is 14.1. The van der Waals surface area contributed by atoms with Gasteiger partial charge in [-0.1, -0.05) is 28.1 Å². The molecule has 0 unspecified atom stereocenters. The van der Waals surface area contributed by atoms with Gasteiger partial charge in [-0.3, -0.25) is 9.59 Å². The first-order valence-electron chi connectivity index (χ1n) is 7.70. The van der Waals surface area contributed by atoms with Crippen LogP contribution in [0.25, 0.3) is 0 Å². The minimum atomic E-state index is -0.277. The molecule has 0 spiro atoms. The van der Waals surface area contributed by atoms with Gasteiger partial charge >= 0.3 is 5.97 Å². The molecule has 3 fully saturated rings. The number of aryl methyl sites for hydroxylation is 1. The predicted molar refractivity (Wildman–Crippen MR) is 85.7 cm³/mol. The normalized spacial score (nSPS) is 38.2. The van der Waals surface area contributed by atoms with Crippen LogP contribution < -0.4 is 5.32 Å². The zero-order chi connectivity index (χ0) is 15.6. The molecule has 1 heterocycles. The topological polar surface area (TPSA) is 55.4 Å². The lowest BCUT2D eigenvalue weighted by atomic mass is 9.79. The van der Waals surface area contributed by atoms with Crippen LogP contribution in [0.4, 0.5) is 5.69 Å². The van der Waals surface area contributed by atoms with Gasteiger partial charge in [-0.2, -0.15) is 0 Å². The molecular weight excluding hydrogens is 346 g/mol. The Kier molecular flexibility index (Phi) is 3.12. The molecule has 6 atom stereocenters. The van der Waals surface area contributed by atoms with Crippen LogP contribution in [-0.2, 0) is 14.3 Å². The van der Waals surface area contributed by atoms with Crippen molar-refractivity contribution in [3.63, 3.8) is 0 Å². The summed E-state index contributed by atoms with van der Waals surface area (Å²) in [6.45, 7) is 4.02. The fraction of sp³-hybridized carbons (Fsp3) is 0.529. The first-order chi connectivity index (χ1) is 10.5. The highest BCUT2D eigenvalue weighted by molar-refractivity contribution is 9.09. The molecule has 116 valence electrons. The number of nitrogens with one attached hydrogen (secondary N) is 1. The number of ether oxygens (including phenoxy) is 1. The van der Waals surface area contributed by atoms with E-state index < -0.39 is 0 Å². The number of benzene rings is 1. The number of carbonyl (C=O) groups is 2. The number of hydrogen-bond donors (Lipinski definition) is 1. The molecule has 4 rings (SSSR count). The van der Waals surface area contributed by atoms with Crippen LogP contribution in [0.2, 0.25) is 0 Å². The molecule has 1 amide bonds. The van der Waals surface area contributed by atoms with Crippen molar-refractivity contribution in [1.82, 2.24) is 0 Å². The Morgan fingerprint density at radius 3 is 2.86 bits per heavy atom. The molecule has 1 saturated heterocycles. The fourth-order valence-electron chi connectivity index (χ4n) is 4.43. The van der Waals surface area contributed by atoms with Gasteiger partial charge in [0.1, 0.15) is 6.10 Å². The fourth-order valence-corrected chi connectivity index (χ4v) is 5.48. The van der Waals surface area contributed by atoms with Gasteiger partial charge in [0.05, 0.1) is 16.7 Å². The minimum absolute atomic E-state index is 0.0349. The van der Waals surface area contributed by atoms with E-state index in [9.17, 15) is 9.59 Å². The van der Waals surface area contributed by atoms with Crippen LogP contribution in [-0.4, -0.2) is 22.8 Å². The summed E-state index contributed by atoms with van der Waals surface area (Å²) >= 11 is 3.64. The average Bonchev–Trinajstić information content (AvgIpc) is 3.08. The number of esters is 1. The summed E-state index contributed by atoms with van der Waals surface area (Å²) in [5, 5.41) is 3.03. The Morgan fingerprint density at radius 2 is 2.09 bits per heavy atom. The second-order valence-electron chi connectivity index (χ2n) is 6.70. The summed E-state index contributed by atoms with van der Waals surface area (Å²) in [6.07, 6.45) is 0.870. The maximum atomic E-state index is 12.8. The lowest BCUT2D eigenvalue weighted by molar-refractivity contribution is -0.145. The van der Waals surface area contributed by atoms with Crippen molar-refractivity contribution in [3.05, 3.63) is 29.3 Å². The Hall–Kier alpha value is -1.36. The van der Waals surface area contributed by atoms with Gasteiger partial charge in [-0.05, 0) is 43.4 Å². The van der Waals surface area contributed by atoms with Crippen LogP contribution in [0, 0.1) is 37.5 Å². The molecule has 0 radical (unpaired) electrons. The summed E-state index contributed by atoms with van der Waals surface area (Å²) < 4.78 is 5.46. The molecule has 2 bridgehead atoms. The zero-order valence-electron chi connectivity index (χ0n) is 12.5. The highest BCUT2D eigenvalue weighted by Gasteiger charge is 2.67. The summed E-state index contributed by atoms with van der Waals surface area (Å²) in [6, 6.07) is 5.87. The Bertz CT molecular complexity index is 674. The number of fused-ring (bicyclic) bond motifs is 1. The average molecular weight is 364 g/mol. The van der Waals surface area contributed by atoms with Crippen molar-refractivity contribution in [1.29, 1.82) is 0 Å². The Labute approximate surface area is 137 Å². The maximum absolute atomic E-state index is 12.8. The maximum Gasteiger partial charge on any atom is 0.310 e. The smallest absolute Gasteiger partial charge is 0.310 e. The number of carbonyl (C=O) groups excluding carboxylic acids is 2. The lowest BCUT2D eigenvalue weighted by Crippen LogP contribution is -2.40. The van der Waals surface area contributed by atoms with Crippen molar-refractivity contribution in [2.45, 2.75) is 31.2 Å². The number of amides is 1. The number of halogens is 1. The quantitative estimate of drug-likeness (QED) is 0.649. The van der Waals surface area contributed by atoms with Gasteiger partial charge in [-0.25, -0.2) is 0 Å². The van der Waals surface area contributed by atoms with Crippen LogP contribution >= 0.6 is 15.9 Å². The van der Waals surface area contributed by atoms with E-state index in [0.717, 1.165) is 23.2 Å². The summed E-state index contributed by atoms with van der Waals surface area (Å²) in [4.78, 5) is 25.0. The molecular formula is C17H18BrNO3. The highest BCUT2D eigenvalue weighted by atomic mass is 79.9. The van der Waals surface area contributed by atoms with E-state index >= 15 is 0 Å². The van der Waals surface area contributed by atoms with Gasteiger partial charge in [-0.15, -0.1) is 0 Å². The van der Waals surface area contributed by atoms with Gasteiger partial charge in [0.25, 0.3) is 0 Å². The molecule has 0 aromatic heterocycles. The second kappa shape index (κ2) is 4.82. The van der Waals surface area contributed by atoms with Gasteiger partial charge in [0.15, 0.2) is 0 Å². The molecule has 2 saturated carbocycles. The van der Waals surface area contributed by atoms with Crippen LogP contribution in [0.1, 0.15) is 17.5 Å². The summed E-state index contributed by atoms with van der Waals surface area (Å²) in [7, 11) is 0. The van der Waals surface area contributed by atoms with Gasteiger partial charge < -0.3 is 10.1 Å². The number of anilines is 1. The third kappa shape index (κ3) is 1.81. The molecule has 1 aliphatic heterocycles. The molecule has 1 N–H and O–H groups in total. The Morgan fingerprint density at radius 1 is 1.32 bits per heavy atom. The number of alkyl halides is 1. The third-order valence-corrected chi connectivity index (χ3v) is 6.89. The van der Waals surface area contributed by atoms with Crippen molar-refractivity contribution in [2.75, 3.05) is 5.32 Å². The SMILES string of the molecule is Cc1cccc(NC(=O)[C@@H]2[C@@H]3C[C@H]4[C@H](OC(=O)[C@@H]42)[C@@H]3Br)c1C. The molecule has 3 aliphatic rings. The highest BCUT2D eigenvalue weighted by Crippen LogP contribution is 2.60. The van der Waals surface area contributed by atoms with E-state index in [1.807, 2.05) is 32.0 Å². The van der Waals surface area contributed by atoms with E-state index in [1.165, 1.54) is 0 Å². The molecule has 5 heteroatoms. The Balaban J connectivity index is 1.61. The number of rotatable bonds is 2. The number of hydrogen-bond acceptors (Lipinski definition) is 3. The first-order valence-corrected chi connectivity index (χ1v) is 8.62. The van der Waals surface area contributed by atoms with E-state index in [1.54, 1.807) is 0 Å². The lowest BCUT2D eigenvalue weighted by Gasteiger charge is -2.27. The largest absolute Gasteiger partial charge is 0.461 e. The van der Waals surface area contributed by atoms with Crippen LogP contribution in [0.15, 0.2) is 18.2 Å². The van der Waals surface area contributed by atoms with E-state index in [2.05, 4.69) is 21.2 Å². The molecule has 4 nitrogen and oxygen atoms in total. The monoisotopic (exact) mass is 363 g/mol. The summed E-state index contributed by atoms with van der Waals surface area (Å²) in [5.74, 6) is -0.379. The van der Waals surface area contributed by atoms with Gasteiger partial charge in [0, 0.05) is 11.6 Å². The second-order valence-corrected chi connectivity index (χ2v) is 7.75. The molecule has 1 aromatic rings. The minimum Gasteiger partial charge on any atom is -0.461 e. The van der Waals surface area contributed by atoms with Crippen molar-refractivity contribution in [2.24, 2.45) is 23.7 Å². The standard InChI is InChI=1S/C17H18BrNO3/c1-7-4-3-5-11(8(7)2)19-16(20)12-9-6-10-13(12)17(21)22-15(10)14(9)18/h3-5,9-10,12-15H,6H2,1-2H3,(H,19,20)/t9-,10+,12+,13-,14+,15-/m0/s1. The van der Waals surface area contributed by atoms with Gasteiger partial charge in [0.2, 0.25) is 5.91 Å². The predicted octanol–water partition coefficient (Wildman–Crippen LogP) is 2.81. The summed E-state index contributed by atoms with van der Waals surface area (Å²) in [5.41, 5.74) is 3.05. The van der Waals surface area contributed by atoms with Crippen LogP contribution in [0.3, 0.4) is 0 Å². The third-order valence-electron chi connectivity index (χ3n) is 5.69. The van der Waals surface area contributed by atoms with Crippen molar-refractivity contribution >= 4 is 33.5 Å².